The van der Waals surface area contributed by atoms with Crippen LogP contribution < -0.4 is 0 Å². The molecule has 0 N–H and O–H groups in total. The normalized spacial score (nSPS) is 19.7. The molecule has 1 nitrogen and oxygen atoms in total. The van der Waals surface area contributed by atoms with Gasteiger partial charge in [0.15, 0.2) is 5.78 Å². The Morgan fingerprint density at radius 2 is 1.15 bits per heavy atom. The number of carbonyl (C=O) groups excluding carboxylic acids is 1. The minimum atomic E-state index is -4.44. The number of hydrogen-bond donors (Lipinski definition) is 0. The molecule has 1 aliphatic carbocycles. The highest BCUT2D eigenvalue weighted by Gasteiger charge is 2.31. The zero-order chi connectivity index (χ0) is 24.9. The van der Waals surface area contributed by atoms with Crippen molar-refractivity contribution < 1.29 is 31.1 Å². The second kappa shape index (κ2) is 10.6. The van der Waals surface area contributed by atoms with E-state index in [-0.39, 0.29) is 11.7 Å². The van der Waals surface area contributed by atoms with Gasteiger partial charge in [-0.15, -0.1) is 0 Å². The van der Waals surface area contributed by atoms with Crippen molar-refractivity contribution in [1.29, 1.82) is 0 Å². The molecule has 0 saturated heterocycles. The van der Waals surface area contributed by atoms with Crippen LogP contribution in [0.4, 0.5) is 26.3 Å². The molecule has 1 saturated carbocycles. The Bertz CT molecular complexity index is 961. The second-order valence-electron chi connectivity index (χ2n) is 8.68. The number of hydrogen-bond acceptors (Lipinski definition) is 1. The summed E-state index contributed by atoms with van der Waals surface area (Å²) in [5.41, 5.74) is 0.491. The third kappa shape index (κ3) is 6.84. The highest BCUT2D eigenvalue weighted by Crippen LogP contribution is 2.36. The summed E-state index contributed by atoms with van der Waals surface area (Å²) in [5, 5.41) is 0. The highest BCUT2D eigenvalue weighted by molar-refractivity contribution is 6.14. The Hall–Kier alpha value is -2.83. The molecule has 7 heteroatoms. The van der Waals surface area contributed by atoms with Crippen molar-refractivity contribution in [3.63, 3.8) is 0 Å². The number of Topliss-reactive ketones (excluding diaryl/α,β-unsaturated/α-hetero) is 1. The molecular weight excluding hydrogens is 454 g/mol. The molecule has 1 aliphatic rings. The van der Waals surface area contributed by atoms with Crippen LogP contribution in [0, 0.1) is 5.92 Å². The number of rotatable bonds is 6. The topological polar surface area (TPSA) is 17.1 Å². The molecule has 0 spiro atoms. The fraction of sp³-hybridized carbons (Fsp3) is 0.370. The average molecular weight is 480 g/mol. The SMILES string of the molecule is CCCCCC1C/C(=C\c2ccc(C(F)(F)F)cc2)C(=O)/C(=C/c2ccc(C(F)(F)F)cc2)C1. The molecule has 0 atom stereocenters. The van der Waals surface area contributed by atoms with E-state index in [4.69, 9.17) is 0 Å². The van der Waals surface area contributed by atoms with Crippen LogP contribution in [0.1, 0.15) is 67.7 Å². The van der Waals surface area contributed by atoms with E-state index in [1.54, 1.807) is 12.2 Å². The molecule has 0 amide bonds. The molecule has 182 valence electrons. The number of alkyl halides is 6. The van der Waals surface area contributed by atoms with Gasteiger partial charge in [-0.3, -0.25) is 4.79 Å². The number of benzene rings is 2. The summed E-state index contributed by atoms with van der Waals surface area (Å²) < 4.78 is 77.1. The standard InChI is InChI=1S/C27H26F6O/c1-2-3-4-5-20-16-21(14-18-6-10-23(11-7-18)26(28,29)30)25(34)22(17-20)15-19-8-12-24(13-9-19)27(31,32)33/h6-15,20H,2-5,16-17H2,1H3/b21-14+,22-15+. The number of halogens is 6. The molecule has 0 aromatic heterocycles. The quantitative estimate of drug-likeness (QED) is 0.229. The highest BCUT2D eigenvalue weighted by atomic mass is 19.4. The fourth-order valence-corrected chi connectivity index (χ4v) is 4.16. The van der Waals surface area contributed by atoms with Crippen molar-refractivity contribution in [2.75, 3.05) is 0 Å². The van der Waals surface area contributed by atoms with Gasteiger partial charge in [0.25, 0.3) is 0 Å². The lowest BCUT2D eigenvalue weighted by molar-refractivity contribution is -0.138. The lowest BCUT2D eigenvalue weighted by Gasteiger charge is -2.26. The smallest absolute Gasteiger partial charge is 0.289 e. The summed E-state index contributed by atoms with van der Waals surface area (Å²) in [6.45, 7) is 2.09. The first-order chi connectivity index (χ1) is 16.0. The number of allylic oxidation sites excluding steroid dienone is 2. The van der Waals surface area contributed by atoms with Crippen LogP contribution in [0.5, 0.6) is 0 Å². The second-order valence-corrected chi connectivity index (χ2v) is 8.68. The monoisotopic (exact) mass is 480 g/mol. The first kappa shape index (κ1) is 25.8. The molecule has 0 bridgehead atoms. The van der Waals surface area contributed by atoms with Crippen molar-refractivity contribution in [2.45, 2.75) is 57.8 Å². The predicted molar refractivity (Wildman–Crippen MR) is 121 cm³/mol. The summed E-state index contributed by atoms with van der Waals surface area (Å²) in [5.74, 6) is -0.0304. The van der Waals surface area contributed by atoms with Gasteiger partial charge in [0.1, 0.15) is 0 Å². The molecule has 34 heavy (non-hydrogen) atoms. The molecular formula is C27H26F6O. The van der Waals surface area contributed by atoms with E-state index in [1.807, 2.05) is 0 Å². The predicted octanol–water partition coefficient (Wildman–Crippen LogP) is 8.75. The minimum Gasteiger partial charge on any atom is -0.289 e. The molecule has 0 radical (unpaired) electrons. The molecule has 3 rings (SSSR count). The third-order valence-electron chi connectivity index (χ3n) is 5.97. The van der Waals surface area contributed by atoms with Crippen LogP contribution in [0.25, 0.3) is 12.2 Å². The van der Waals surface area contributed by atoms with Gasteiger partial charge < -0.3 is 0 Å². The molecule has 2 aromatic rings. The van der Waals surface area contributed by atoms with Crippen LogP contribution in [0.3, 0.4) is 0 Å². The summed E-state index contributed by atoms with van der Waals surface area (Å²) in [6, 6.07) is 9.28. The van der Waals surface area contributed by atoms with Crippen molar-refractivity contribution in [3.8, 4) is 0 Å². The molecule has 2 aromatic carbocycles. The summed E-state index contributed by atoms with van der Waals surface area (Å²) in [4.78, 5) is 13.2. The maximum Gasteiger partial charge on any atom is 0.416 e. The van der Waals surface area contributed by atoms with E-state index in [9.17, 15) is 31.1 Å². The van der Waals surface area contributed by atoms with Gasteiger partial charge in [-0.25, -0.2) is 0 Å². The van der Waals surface area contributed by atoms with E-state index < -0.39 is 23.5 Å². The Morgan fingerprint density at radius 3 is 1.50 bits per heavy atom. The van der Waals surface area contributed by atoms with Crippen LogP contribution in [-0.4, -0.2) is 5.78 Å². The van der Waals surface area contributed by atoms with Crippen LogP contribution >= 0.6 is 0 Å². The first-order valence-electron chi connectivity index (χ1n) is 11.3. The number of carbonyl (C=O) groups is 1. The summed E-state index contributed by atoms with van der Waals surface area (Å²) in [6.07, 6.45) is -0.588. The van der Waals surface area contributed by atoms with E-state index in [0.29, 0.717) is 35.1 Å². The van der Waals surface area contributed by atoms with Crippen molar-refractivity contribution >= 4 is 17.9 Å². The Kier molecular flexibility index (Phi) is 8.05. The molecule has 1 fully saturated rings. The number of ketones is 1. The minimum absolute atomic E-state index is 0.186. The van der Waals surface area contributed by atoms with E-state index in [1.165, 1.54) is 24.3 Å². The van der Waals surface area contributed by atoms with Gasteiger partial charge in [-0.1, -0.05) is 50.5 Å². The average Bonchev–Trinajstić information content (AvgIpc) is 2.76. The Morgan fingerprint density at radius 1 is 0.735 bits per heavy atom. The van der Waals surface area contributed by atoms with Gasteiger partial charge in [0.05, 0.1) is 11.1 Å². The summed E-state index contributed by atoms with van der Waals surface area (Å²) in [7, 11) is 0. The van der Waals surface area contributed by atoms with Crippen LogP contribution in [0.2, 0.25) is 0 Å². The molecule has 0 aliphatic heterocycles. The van der Waals surface area contributed by atoms with Gasteiger partial charge in [0.2, 0.25) is 0 Å². The van der Waals surface area contributed by atoms with E-state index in [2.05, 4.69) is 6.92 Å². The molecule has 0 unspecified atom stereocenters. The van der Waals surface area contributed by atoms with Crippen molar-refractivity contribution in [3.05, 3.63) is 81.9 Å². The zero-order valence-electron chi connectivity index (χ0n) is 18.8. The van der Waals surface area contributed by atoms with Gasteiger partial charge in [-0.2, -0.15) is 26.3 Å². The maximum atomic E-state index is 13.2. The van der Waals surface area contributed by atoms with Gasteiger partial charge in [0, 0.05) is 11.1 Å². The van der Waals surface area contributed by atoms with Crippen LogP contribution in [0.15, 0.2) is 59.7 Å². The largest absolute Gasteiger partial charge is 0.416 e. The van der Waals surface area contributed by atoms with E-state index >= 15 is 0 Å². The van der Waals surface area contributed by atoms with Crippen molar-refractivity contribution in [2.24, 2.45) is 5.92 Å². The zero-order valence-corrected chi connectivity index (χ0v) is 18.8. The maximum absolute atomic E-state index is 13.2. The Balaban J connectivity index is 1.89. The number of unbranched alkanes of at least 4 members (excludes halogenated alkanes) is 2. The lowest BCUT2D eigenvalue weighted by atomic mass is 9.77. The molecule has 0 heterocycles. The first-order valence-corrected chi connectivity index (χ1v) is 11.3. The van der Waals surface area contributed by atoms with Gasteiger partial charge >= 0.3 is 12.4 Å². The Labute approximate surface area is 195 Å². The van der Waals surface area contributed by atoms with Crippen LogP contribution in [-0.2, 0) is 17.1 Å². The lowest BCUT2D eigenvalue weighted by Crippen LogP contribution is -2.20. The van der Waals surface area contributed by atoms with E-state index in [0.717, 1.165) is 49.9 Å². The summed E-state index contributed by atoms with van der Waals surface area (Å²) >= 11 is 0. The third-order valence-corrected chi connectivity index (χ3v) is 5.97. The van der Waals surface area contributed by atoms with Gasteiger partial charge in [-0.05, 0) is 72.7 Å². The van der Waals surface area contributed by atoms with Crippen molar-refractivity contribution in [1.82, 2.24) is 0 Å². The fourth-order valence-electron chi connectivity index (χ4n) is 4.16.